The molecule has 0 spiro atoms. The Hall–Kier alpha value is -3.48. The second-order valence-electron chi connectivity index (χ2n) is 7.19. The van der Waals surface area contributed by atoms with Gasteiger partial charge in [0, 0.05) is 0 Å². The van der Waals surface area contributed by atoms with Gasteiger partial charge in [0.1, 0.15) is 0 Å². The van der Waals surface area contributed by atoms with E-state index in [4.69, 9.17) is 23.2 Å². The van der Waals surface area contributed by atoms with E-state index in [1.54, 1.807) is 37.3 Å². The summed E-state index contributed by atoms with van der Waals surface area (Å²) in [6.45, 7) is 1.73. The van der Waals surface area contributed by atoms with Crippen LogP contribution < -0.4 is 9.80 Å². The number of rotatable bonds is 2. The van der Waals surface area contributed by atoms with Gasteiger partial charge in [-0.2, -0.15) is 0 Å². The third-order valence-electron chi connectivity index (χ3n) is 5.42. The van der Waals surface area contributed by atoms with Crippen molar-refractivity contribution in [1.29, 1.82) is 0 Å². The summed E-state index contributed by atoms with van der Waals surface area (Å²) in [4.78, 5) is 53.9. The molecule has 2 aliphatic rings. The Morgan fingerprint density at radius 1 is 0.645 bits per heavy atom. The standard InChI is InChI=1S/C23H12Cl2N2O4/c1-11-8-9-12(26-20(28)13-4-2-6-15(24)18(13)22(26)30)10-17(11)27-21(29)14-5-3-7-16(25)19(14)23(27)31/h2-10H,1H3. The number of aryl methyl sites for hydroxylation is 1. The highest BCUT2D eigenvalue weighted by Gasteiger charge is 2.41. The number of halogens is 2. The van der Waals surface area contributed by atoms with Crippen molar-refractivity contribution in [2.75, 3.05) is 9.80 Å². The van der Waals surface area contributed by atoms with E-state index < -0.39 is 23.6 Å². The van der Waals surface area contributed by atoms with Gasteiger partial charge in [-0.15, -0.1) is 0 Å². The summed E-state index contributed by atoms with van der Waals surface area (Å²) in [5.74, 6) is -2.17. The molecule has 31 heavy (non-hydrogen) atoms. The first kappa shape index (κ1) is 19.5. The predicted octanol–water partition coefficient (Wildman–Crippen LogP) is 4.90. The first-order valence-corrected chi connectivity index (χ1v) is 10.0. The van der Waals surface area contributed by atoms with Crippen LogP contribution in [-0.2, 0) is 0 Å². The van der Waals surface area contributed by atoms with E-state index in [9.17, 15) is 19.2 Å². The third-order valence-corrected chi connectivity index (χ3v) is 6.05. The van der Waals surface area contributed by atoms with Gasteiger partial charge in [0.25, 0.3) is 23.6 Å². The summed E-state index contributed by atoms with van der Waals surface area (Å²) in [6.07, 6.45) is 0. The van der Waals surface area contributed by atoms with E-state index in [0.717, 1.165) is 9.80 Å². The first-order valence-electron chi connectivity index (χ1n) is 9.26. The Kier molecular flexibility index (Phi) is 4.25. The molecule has 152 valence electrons. The Balaban J connectivity index is 1.61. The number of nitrogens with zero attached hydrogens (tertiary/aromatic N) is 2. The molecule has 3 aromatic rings. The van der Waals surface area contributed by atoms with Crippen LogP contribution in [0.25, 0.3) is 0 Å². The number of amides is 4. The lowest BCUT2D eigenvalue weighted by Gasteiger charge is -2.20. The van der Waals surface area contributed by atoms with Crippen molar-refractivity contribution in [2.24, 2.45) is 0 Å². The highest BCUT2D eigenvalue weighted by Crippen LogP contribution is 2.38. The number of hydrogen-bond acceptors (Lipinski definition) is 4. The van der Waals surface area contributed by atoms with E-state index >= 15 is 0 Å². The number of fused-ring (bicyclic) bond motifs is 2. The molecule has 2 heterocycles. The highest BCUT2D eigenvalue weighted by molar-refractivity contribution is 6.43. The molecule has 6 nitrogen and oxygen atoms in total. The van der Waals surface area contributed by atoms with Crippen molar-refractivity contribution in [3.8, 4) is 0 Å². The third kappa shape index (κ3) is 2.65. The lowest BCUT2D eigenvalue weighted by atomic mass is 10.1. The molecule has 3 aromatic carbocycles. The number of benzene rings is 3. The van der Waals surface area contributed by atoms with Crippen LogP contribution in [-0.4, -0.2) is 23.6 Å². The van der Waals surface area contributed by atoms with Gasteiger partial charge in [0.05, 0.1) is 43.7 Å². The minimum atomic E-state index is -0.564. The zero-order valence-corrected chi connectivity index (χ0v) is 17.5. The van der Waals surface area contributed by atoms with Gasteiger partial charge in [-0.3, -0.25) is 19.2 Å². The van der Waals surface area contributed by atoms with Crippen molar-refractivity contribution in [2.45, 2.75) is 6.92 Å². The maximum Gasteiger partial charge on any atom is 0.267 e. The van der Waals surface area contributed by atoms with Gasteiger partial charge in [-0.05, 0) is 48.9 Å². The second-order valence-corrected chi connectivity index (χ2v) is 8.00. The molecular formula is C23H12Cl2N2O4. The van der Waals surface area contributed by atoms with Gasteiger partial charge in [0.15, 0.2) is 0 Å². The molecule has 2 aliphatic heterocycles. The molecule has 0 N–H and O–H groups in total. The minimum absolute atomic E-state index is 0.129. The van der Waals surface area contributed by atoms with Crippen molar-refractivity contribution in [3.63, 3.8) is 0 Å². The zero-order chi connectivity index (χ0) is 22.0. The largest absolute Gasteiger partial charge is 0.268 e. The van der Waals surface area contributed by atoms with E-state index in [2.05, 4.69) is 0 Å². The van der Waals surface area contributed by atoms with E-state index in [1.807, 2.05) is 0 Å². The van der Waals surface area contributed by atoms with Crippen LogP contribution in [0.15, 0.2) is 54.6 Å². The van der Waals surface area contributed by atoms with Crippen LogP contribution in [0.5, 0.6) is 0 Å². The average molecular weight is 451 g/mol. The van der Waals surface area contributed by atoms with Crippen LogP contribution >= 0.6 is 23.2 Å². The summed E-state index contributed by atoms with van der Waals surface area (Å²) < 4.78 is 0. The topological polar surface area (TPSA) is 74.8 Å². The van der Waals surface area contributed by atoms with Crippen molar-refractivity contribution < 1.29 is 19.2 Å². The molecular weight excluding hydrogens is 439 g/mol. The smallest absolute Gasteiger partial charge is 0.267 e. The van der Waals surface area contributed by atoms with Gasteiger partial charge in [0.2, 0.25) is 0 Å². The van der Waals surface area contributed by atoms with Crippen molar-refractivity contribution in [3.05, 3.63) is 92.5 Å². The zero-order valence-electron chi connectivity index (χ0n) is 16.0. The van der Waals surface area contributed by atoms with Crippen molar-refractivity contribution in [1.82, 2.24) is 0 Å². The van der Waals surface area contributed by atoms with Gasteiger partial charge in [-0.25, -0.2) is 9.80 Å². The SMILES string of the molecule is Cc1ccc(N2C(=O)c3cccc(Cl)c3C2=O)cc1N1C(=O)c2cccc(Cl)c2C1=O. The maximum atomic E-state index is 13.0. The number of carbonyl (C=O) groups excluding carboxylic acids is 4. The molecule has 0 bridgehead atoms. The fourth-order valence-electron chi connectivity index (χ4n) is 3.92. The number of hydrogen-bond donors (Lipinski definition) is 0. The molecule has 0 aliphatic carbocycles. The van der Waals surface area contributed by atoms with E-state index in [1.165, 1.54) is 24.3 Å². The molecule has 5 rings (SSSR count). The molecule has 0 radical (unpaired) electrons. The Bertz CT molecular complexity index is 1370. The van der Waals surface area contributed by atoms with Crippen LogP contribution in [0.3, 0.4) is 0 Å². The summed E-state index contributed by atoms with van der Waals surface area (Å²) in [5, 5.41) is 0.364. The monoisotopic (exact) mass is 450 g/mol. The summed E-state index contributed by atoms with van der Waals surface area (Å²) >= 11 is 12.3. The fourth-order valence-corrected chi connectivity index (χ4v) is 4.43. The van der Waals surface area contributed by atoms with Gasteiger partial charge in [-0.1, -0.05) is 41.4 Å². The normalized spacial score (nSPS) is 15.1. The molecule has 0 aromatic heterocycles. The van der Waals surface area contributed by atoms with Crippen molar-refractivity contribution >= 4 is 58.2 Å². The second kappa shape index (κ2) is 6.77. The first-order chi connectivity index (χ1) is 14.8. The van der Waals surface area contributed by atoms with Crippen LogP contribution in [0, 0.1) is 6.92 Å². The Morgan fingerprint density at radius 2 is 1.16 bits per heavy atom. The summed E-state index contributed by atoms with van der Waals surface area (Å²) in [5.41, 5.74) is 1.77. The van der Waals surface area contributed by atoms with E-state index in [0.29, 0.717) is 5.56 Å². The minimum Gasteiger partial charge on any atom is -0.268 e. The Labute approximate surface area is 186 Å². The molecule has 0 fully saturated rings. The predicted molar refractivity (Wildman–Crippen MR) is 116 cm³/mol. The van der Waals surface area contributed by atoms with Crippen LogP contribution in [0.4, 0.5) is 11.4 Å². The van der Waals surface area contributed by atoms with Crippen LogP contribution in [0.2, 0.25) is 10.0 Å². The van der Waals surface area contributed by atoms with E-state index in [-0.39, 0.29) is 43.7 Å². The number of carbonyl (C=O) groups is 4. The average Bonchev–Trinajstić information content (AvgIpc) is 3.15. The number of anilines is 2. The molecule has 0 unspecified atom stereocenters. The van der Waals surface area contributed by atoms with Crippen LogP contribution in [0.1, 0.15) is 47.0 Å². The van der Waals surface area contributed by atoms with Gasteiger partial charge >= 0.3 is 0 Å². The lowest BCUT2D eigenvalue weighted by molar-refractivity contribution is 0.0912. The molecule has 0 saturated heterocycles. The molecule has 0 atom stereocenters. The lowest BCUT2D eigenvalue weighted by Crippen LogP contribution is -2.32. The summed E-state index contributed by atoms with van der Waals surface area (Å²) in [6, 6.07) is 14.0. The Morgan fingerprint density at radius 3 is 1.71 bits per heavy atom. The van der Waals surface area contributed by atoms with Gasteiger partial charge < -0.3 is 0 Å². The molecule has 0 saturated carbocycles. The highest BCUT2D eigenvalue weighted by atomic mass is 35.5. The quantitative estimate of drug-likeness (QED) is 0.520. The summed E-state index contributed by atoms with van der Waals surface area (Å²) in [7, 11) is 0. The molecule has 8 heteroatoms. The fraction of sp³-hybridized carbons (Fsp3) is 0.0435. The molecule has 4 amide bonds. The maximum absolute atomic E-state index is 13.0. The number of imide groups is 2.